The first-order valence-corrected chi connectivity index (χ1v) is 5.98. The molecule has 9 heteroatoms. The minimum absolute atomic E-state index is 0.0937. The highest BCUT2D eigenvalue weighted by Crippen LogP contribution is 2.32. The van der Waals surface area contributed by atoms with E-state index < -0.39 is 25.0 Å². The van der Waals surface area contributed by atoms with Crippen LogP contribution in [0.15, 0.2) is 18.2 Å². The Kier molecular flexibility index (Phi) is 4.31. The number of nitrogens with zero attached hydrogens (tertiary/aromatic N) is 2. The summed E-state index contributed by atoms with van der Waals surface area (Å²) in [6, 6.07) is 4.17. The van der Waals surface area contributed by atoms with Crippen LogP contribution in [0.4, 0.5) is 27.6 Å². The van der Waals surface area contributed by atoms with E-state index in [1.165, 1.54) is 18.2 Å². The summed E-state index contributed by atoms with van der Waals surface area (Å²) < 4.78 is 68.2. The second-order valence-corrected chi connectivity index (χ2v) is 4.30. The average Bonchev–Trinajstić information content (AvgIpc) is 2.72. The third-order valence-corrected chi connectivity index (χ3v) is 2.73. The van der Waals surface area contributed by atoms with Crippen molar-refractivity contribution in [2.75, 3.05) is 18.9 Å². The van der Waals surface area contributed by atoms with Crippen LogP contribution in [0, 0.1) is 0 Å². The van der Waals surface area contributed by atoms with Gasteiger partial charge in [-0.2, -0.15) is 13.2 Å². The van der Waals surface area contributed by atoms with Gasteiger partial charge in [0.05, 0.1) is 17.6 Å². The average molecular weight is 309 g/mol. The van der Waals surface area contributed by atoms with E-state index in [2.05, 4.69) is 9.72 Å². The van der Waals surface area contributed by atoms with Gasteiger partial charge >= 0.3 is 6.18 Å². The molecule has 4 nitrogen and oxygen atoms in total. The summed E-state index contributed by atoms with van der Waals surface area (Å²) in [5.41, 5.74) is 6.11. The van der Waals surface area contributed by atoms with Gasteiger partial charge in [0.2, 0.25) is 5.82 Å². The minimum Gasteiger partial charge on any atom is -0.399 e. The van der Waals surface area contributed by atoms with Gasteiger partial charge in [-0.1, -0.05) is 0 Å². The van der Waals surface area contributed by atoms with Crippen molar-refractivity contribution in [2.24, 2.45) is 0 Å². The molecular weight excluding hydrogens is 297 g/mol. The Balaban J connectivity index is 2.30. The molecule has 2 rings (SSSR count). The first-order valence-electron chi connectivity index (χ1n) is 5.98. The Bertz CT molecular complexity index is 623. The van der Waals surface area contributed by atoms with Crippen LogP contribution in [-0.4, -0.2) is 29.2 Å². The van der Waals surface area contributed by atoms with Crippen LogP contribution in [0.5, 0.6) is 0 Å². The summed E-state index contributed by atoms with van der Waals surface area (Å²) in [6.45, 7) is -1.33. The SMILES string of the molecule is Nc1ccc2c(c1)nc(C(F)(F)F)n2CCOCC(F)F. The lowest BCUT2D eigenvalue weighted by Gasteiger charge is -2.11. The summed E-state index contributed by atoms with van der Waals surface area (Å²) in [5, 5.41) is 0. The van der Waals surface area contributed by atoms with Gasteiger partial charge in [-0.25, -0.2) is 13.8 Å². The van der Waals surface area contributed by atoms with Crippen LogP contribution in [0.2, 0.25) is 0 Å². The standard InChI is InChI=1S/C12H12F5N3O/c13-10(14)6-21-4-3-20-9-2-1-7(18)5-8(9)19-11(20)12(15,16)17/h1-2,5,10H,3-4,6,18H2. The van der Waals surface area contributed by atoms with E-state index in [1.54, 1.807) is 0 Å². The molecule has 0 aliphatic heterocycles. The molecule has 1 aromatic carbocycles. The summed E-state index contributed by atoms with van der Waals surface area (Å²) >= 11 is 0. The van der Waals surface area contributed by atoms with Crippen molar-refractivity contribution in [2.45, 2.75) is 19.1 Å². The zero-order valence-electron chi connectivity index (χ0n) is 10.7. The van der Waals surface area contributed by atoms with Crippen molar-refractivity contribution in [3.8, 4) is 0 Å². The van der Waals surface area contributed by atoms with Crippen molar-refractivity contribution >= 4 is 16.7 Å². The number of benzene rings is 1. The summed E-state index contributed by atoms with van der Waals surface area (Å²) in [5.74, 6) is -1.11. The van der Waals surface area contributed by atoms with Gasteiger partial charge in [0, 0.05) is 12.2 Å². The molecular formula is C12H12F5N3O. The summed E-state index contributed by atoms with van der Waals surface area (Å²) in [4.78, 5) is 3.51. The Hall–Kier alpha value is -1.90. The van der Waals surface area contributed by atoms with E-state index >= 15 is 0 Å². The number of halogens is 5. The Morgan fingerprint density at radius 1 is 1.29 bits per heavy atom. The molecule has 0 amide bonds. The van der Waals surface area contributed by atoms with Crippen molar-refractivity contribution in [3.05, 3.63) is 24.0 Å². The minimum atomic E-state index is -4.66. The molecule has 21 heavy (non-hydrogen) atoms. The molecule has 116 valence electrons. The van der Waals surface area contributed by atoms with Crippen LogP contribution in [0.3, 0.4) is 0 Å². The first kappa shape index (κ1) is 15.5. The number of imidazole rings is 1. The molecule has 0 unspecified atom stereocenters. The number of alkyl halides is 5. The lowest BCUT2D eigenvalue weighted by atomic mass is 10.3. The molecule has 2 aromatic rings. The van der Waals surface area contributed by atoms with E-state index in [0.717, 1.165) is 4.57 Å². The molecule has 0 spiro atoms. The van der Waals surface area contributed by atoms with Gasteiger partial charge in [-0.3, -0.25) is 0 Å². The highest BCUT2D eigenvalue weighted by molar-refractivity contribution is 5.79. The predicted molar refractivity (Wildman–Crippen MR) is 66.0 cm³/mol. The molecule has 0 saturated carbocycles. The number of hydrogen-bond acceptors (Lipinski definition) is 3. The van der Waals surface area contributed by atoms with Crippen LogP contribution < -0.4 is 5.73 Å². The van der Waals surface area contributed by atoms with E-state index in [1.807, 2.05) is 0 Å². The van der Waals surface area contributed by atoms with Crippen molar-refractivity contribution in [1.82, 2.24) is 9.55 Å². The van der Waals surface area contributed by atoms with E-state index in [4.69, 9.17) is 5.73 Å². The van der Waals surface area contributed by atoms with Gasteiger partial charge in [-0.05, 0) is 18.2 Å². The lowest BCUT2D eigenvalue weighted by molar-refractivity contribution is -0.147. The fourth-order valence-electron chi connectivity index (χ4n) is 1.92. The quantitative estimate of drug-likeness (QED) is 0.525. The van der Waals surface area contributed by atoms with Crippen LogP contribution in [0.25, 0.3) is 11.0 Å². The second kappa shape index (κ2) is 5.84. The third-order valence-electron chi connectivity index (χ3n) is 2.73. The molecule has 1 aromatic heterocycles. The number of fused-ring (bicyclic) bond motifs is 1. The summed E-state index contributed by atoms with van der Waals surface area (Å²) in [7, 11) is 0. The molecule has 0 atom stereocenters. The highest BCUT2D eigenvalue weighted by Gasteiger charge is 2.37. The Morgan fingerprint density at radius 3 is 2.62 bits per heavy atom. The molecule has 0 radical (unpaired) electrons. The van der Waals surface area contributed by atoms with Gasteiger partial charge in [-0.15, -0.1) is 0 Å². The highest BCUT2D eigenvalue weighted by atomic mass is 19.4. The predicted octanol–water partition coefficient (Wildman–Crippen LogP) is 2.92. The van der Waals surface area contributed by atoms with Gasteiger partial charge in [0.25, 0.3) is 6.43 Å². The van der Waals surface area contributed by atoms with Gasteiger partial charge in [0.1, 0.15) is 6.61 Å². The maximum atomic E-state index is 12.9. The first-order chi connectivity index (χ1) is 9.79. The fraction of sp³-hybridized carbons (Fsp3) is 0.417. The smallest absolute Gasteiger partial charge is 0.399 e. The maximum absolute atomic E-state index is 12.9. The number of rotatable bonds is 5. The lowest BCUT2D eigenvalue weighted by Crippen LogP contribution is -2.18. The number of hydrogen-bond donors (Lipinski definition) is 1. The second-order valence-electron chi connectivity index (χ2n) is 4.30. The largest absolute Gasteiger partial charge is 0.449 e. The normalized spacial score (nSPS) is 12.5. The van der Waals surface area contributed by atoms with Crippen LogP contribution >= 0.6 is 0 Å². The monoisotopic (exact) mass is 309 g/mol. The van der Waals surface area contributed by atoms with Crippen LogP contribution in [0.1, 0.15) is 5.82 Å². The van der Waals surface area contributed by atoms with Crippen molar-refractivity contribution in [3.63, 3.8) is 0 Å². The molecule has 2 N–H and O–H groups in total. The zero-order chi connectivity index (χ0) is 15.6. The Morgan fingerprint density at radius 2 is 2.00 bits per heavy atom. The number of nitrogen functional groups attached to an aromatic ring is 1. The third kappa shape index (κ3) is 3.60. The van der Waals surface area contributed by atoms with Crippen LogP contribution in [-0.2, 0) is 17.5 Å². The summed E-state index contributed by atoms with van der Waals surface area (Å²) in [6.07, 6.45) is -7.32. The van der Waals surface area contributed by atoms with E-state index in [0.29, 0.717) is 0 Å². The van der Waals surface area contributed by atoms with E-state index in [-0.39, 0.29) is 29.9 Å². The van der Waals surface area contributed by atoms with Crippen molar-refractivity contribution in [1.29, 1.82) is 0 Å². The van der Waals surface area contributed by atoms with Gasteiger partial charge < -0.3 is 15.0 Å². The molecule has 0 aliphatic rings. The van der Waals surface area contributed by atoms with Crippen molar-refractivity contribution < 1.29 is 26.7 Å². The topological polar surface area (TPSA) is 53.1 Å². The molecule has 0 bridgehead atoms. The number of anilines is 1. The number of nitrogens with two attached hydrogens (primary N) is 1. The van der Waals surface area contributed by atoms with Gasteiger partial charge in [0.15, 0.2) is 0 Å². The molecule has 1 heterocycles. The zero-order valence-corrected chi connectivity index (χ0v) is 10.7. The maximum Gasteiger partial charge on any atom is 0.449 e. The molecule has 0 aliphatic carbocycles. The molecule has 0 saturated heterocycles. The Labute approximate surface area is 116 Å². The number of aromatic nitrogens is 2. The fourth-order valence-corrected chi connectivity index (χ4v) is 1.92. The molecule has 0 fully saturated rings. The number of ether oxygens (including phenoxy) is 1. The van der Waals surface area contributed by atoms with E-state index in [9.17, 15) is 22.0 Å².